The molecule has 0 saturated heterocycles. The Bertz CT molecular complexity index is 1040. The number of hydrogen-bond donors (Lipinski definition) is 1. The lowest BCUT2D eigenvalue weighted by atomic mass is 9.96. The molecule has 1 N–H and O–H groups in total. The number of imidazole rings is 1. The molecule has 0 aliphatic carbocycles. The lowest BCUT2D eigenvalue weighted by molar-refractivity contribution is -0.128. The highest BCUT2D eigenvalue weighted by molar-refractivity contribution is 5.81. The maximum atomic E-state index is 12.0. The second-order valence-corrected chi connectivity index (χ2v) is 9.91. The quantitative estimate of drug-likeness (QED) is 0.365. The summed E-state index contributed by atoms with van der Waals surface area (Å²) in [7, 11) is 0. The predicted molar refractivity (Wildman–Crippen MR) is 136 cm³/mol. The molecule has 3 rings (SSSR count). The van der Waals surface area contributed by atoms with Gasteiger partial charge in [0.2, 0.25) is 5.91 Å². The first-order valence-electron chi connectivity index (χ1n) is 12.2. The van der Waals surface area contributed by atoms with Crippen molar-refractivity contribution >= 4 is 16.9 Å². The van der Waals surface area contributed by atoms with Gasteiger partial charge in [-0.05, 0) is 56.4 Å². The van der Waals surface area contributed by atoms with Gasteiger partial charge in [0.15, 0.2) is 0 Å². The number of carbonyl (C=O) groups excluding carboxylic acids is 1. The van der Waals surface area contributed by atoms with Gasteiger partial charge in [-0.2, -0.15) is 0 Å². The van der Waals surface area contributed by atoms with Crippen LogP contribution >= 0.6 is 0 Å². The van der Waals surface area contributed by atoms with Crippen LogP contribution in [0.25, 0.3) is 11.0 Å². The number of nitrogens with one attached hydrogen (secondary N) is 1. The topological polar surface area (TPSA) is 56.1 Å². The van der Waals surface area contributed by atoms with Gasteiger partial charge in [0, 0.05) is 24.9 Å². The largest absolute Gasteiger partial charge is 0.493 e. The molecule has 1 amide bonds. The molecule has 5 heteroatoms. The number of para-hydroxylation sites is 3. The lowest BCUT2D eigenvalue weighted by Crippen LogP contribution is -2.35. The van der Waals surface area contributed by atoms with Crippen molar-refractivity contribution in [3.05, 3.63) is 59.4 Å². The van der Waals surface area contributed by atoms with Crippen molar-refractivity contribution in [3.8, 4) is 5.75 Å². The number of ether oxygens (including phenoxy) is 1. The summed E-state index contributed by atoms with van der Waals surface area (Å²) in [5.74, 6) is 2.26. The van der Waals surface area contributed by atoms with Crippen LogP contribution in [0.3, 0.4) is 0 Å². The summed E-state index contributed by atoms with van der Waals surface area (Å²) in [5.41, 5.74) is 4.29. The van der Waals surface area contributed by atoms with Crippen LogP contribution < -0.4 is 10.1 Å². The minimum absolute atomic E-state index is 0.118. The van der Waals surface area contributed by atoms with Crippen LogP contribution in [0.5, 0.6) is 5.75 Å². The minimum Gasteiger partial charge on any atom is -0.493 e. The summed E-state index contributed by atoms with van der Waals surface area (Å²) in [5, 5.41) is 3.04. The van der Waals surface area contributed by atoms with Crippen LogP contribution in [-0.4, -0.2) is 28.6 Å². The average Bonchev–Trinajstić information content (AvgIpc) is 3.12. The number of nitrogens with zero attached hydrogens (tertiary/aromatic N) is 2. The molecule has 3 aromatic rings. The first kappa shape index (κ1) is 24.8. The van der Waals surface area contributed by atoms with E-state index >= 15 is 0 Å². The highest BCUT2D eigenvalue weighted by Gasteiger charge is 2.20. The summed E-state index contributed by atoms with van der Waals surface area (Å²) in [6, 6.07) is 14.6. The molecule has 33 heavy (non-hydrogen) atoms. The Morgan fingerprint density at radius 1 is 0.970 bits per heavy atom. The molecule has 2 aromatic carbocycles. The van der Waals surface area contributed by atoms with E-state index in [-0.39, 0.29) is 11.3 Å². The fourth-order valence-electron chi connectivity index (χ4n) is 4.04. The molecule has 0 saturated carbocycles. The molecule has 0 aliphatic heterocycles. The number of hydrogen-bond acceptors (Lipinski definition) is 3. The third-order valence-electron chi connectivity index (χ3n) is 5.96. The zero-order valence-corrected chi connectivity index (χ0v) is 20.9. The number of rotatable bonds is 11. The maximum absolute atomic E-state index is 12.0. The van der Waals surface area contributed by atoms with Gasteiger partial charge in [-0.25, -0.2) is 4.98 Å². The van der Waals surface area contributed by atoms with Crippen molar-refractivity contribution in [2.75, 3.05) is 13.2 Å². The summed E-state index contributed by atoms with van der Waals surface area (Å²) in [6.45, 7) is 12.3. The fourth-order valence-corrected chi connectivity index (χ4v) is 4.04. The van der Waals surface area contributed by atoms with E-state index in [0.29, 0.717) is 6.61 Å². The highest BCUT2D eigenvalue weighted by atomic mass is 16.5. The Morgan fingerprint density at radius 2 is 1.70 bits per heavy atom. The van der Waals surface area contributed by atoms with Gasteiger partial charge < -0.3 is 14.6 Å². The molecule has 0 atom stereocenters. The maximum Gasteiger partial charge on any atom is 0.225 e. The van der Waals surface area contributed by atoms with Crippen LogP contribution in [0.4, 0.5) is 0 Å². The number of aryl methyl sites for hydroxylation is 4. The van der Waals surface area contributed by atoms with Crippen LogP contribution in [0.15, 0.2) is 42.5 Å². The molecular formula is C28H39N3O2. The number of unbranched alkanes of at least 4 members (excludes halogenated alkanes) is 2. The van der Waals surface area contributed by atoms with Gasteiger partial charge in [0.25, 0.3) is 0 Å². The highest BCUT2D eigenvalue weighted by Crippen LogP contribution is 2.23. The fraction of sp³-hybridized carbons (Fsp3) is 0.500. The molecule has 0 fully saturated rings. The molecule has 1 heterocycles. The first-order chi connectivity index (χ1) is 15.8. The van der Waals surface area contributed by atoms with Gasteiger partial charge in [-0.3, -0.25) is 4.79 Å². The zero-order valence-electron chi connectivity index (χ0n) is 20.9. The van der Waals surface area contributed by atoms with Gasteiger partial charge in [-0.1, -0.05) is 57.5 Å². The van der Waals surface area contributed by atoms with Crippen molar-refractivity contribution in [2.24, 2.45) is 5.41 Å². The minimum atomic E-state index is -0.327. The molecule has 0 unspecified atom stereocenters. The van der Waals surface area contributed by atoms with Crippen molar-refractivity contribution in [3.63, 3.8) is 0 Å². The number of benzene rings is 2. The van der Waals surface area contributed by atoms with Crippen LogP contribution in [0, 0.1) is 19.3 Å². The molecule has 5 nitrogen and oxygen atoms in total. The molecule has 0 radical (unpaired) electrons. The third-order valence-corrected chi connectivity index (χ3v) is 5.96. The van der Waals surface area contributed by atoms with Crippen molar-refractivity contribution in [2.45, 2.75) is 73.3 Å². The average molecular weight is 450 g/mol. The number of aromatic nitrogens is 2. The van der Waals surface area contributed by atoms with Gasteiger partial charge >= 0.3 is 0 Å². The van der Waals surface area contributed by atoms with Crippen molar-refractivity contribution in [1.82, 2.24) is 14.9 Å². The predicted octanol–water partition coefficient (Wildman–Crippen LogP) is 6.00. The second-order valence-electron chi connectivity index (χ2n) is 9.91. The Kier molecular flexibility index (Phi) is 8.54. The van der Waals surface area contributed by atoms with Gasteiger partial charge in [0.1, 0.15) is 11.6 Å². The number of fused-ring (bicyclic) bond motifs is 1. The summed E-state index contributed by atoms with van der Waals surface area (Å²) in [6.07, 6.45) is 5.00. The van der Waals surface area contributed by atoms with Crippen LogP contribution in [0.1, 0.15) is 63.4 Å². The Hall–Kier alpha value is -2.82. The number of carbonyl (C=O) groups is 1. The van der Waals surface area contributed by atoms with E-state index in [0.717, 1.165) is 62.3 Å². The molecule has 0 spiro atoms. The molecule has 178 valence electrons. The Morgan fingerprint density at radius 3 is 2.42 bits per heavy atom. The zero-order chi connectivity index (χ0) is 23.8. The third kappa shape index (κ3) is 6.83. The standard InChI is InChI=1S/C28H39N3O2/c1-21-13-11-14-22(2)26(21)33-20-12-19-31-24-16-9-8-15-23(24)30-25(31)17-7-6-10-18-29-27(32)28(3,4)5/h8-9,11,13-16H,6-7,10,12,17-20H2,1-5H3,(H,29,32). The summed E-state index contributed by atoms with van der Waals surface area (Å²) in [4.78, 5) is 16.9. The SMILES string of the molecule is Cc1cccc(C)c1OCCCn1c(CCCCCNC(=O)C(C)(C)C)nc2ccccc21. The Balaban J connectivity index is 1.52. The second kappa shape index (κ2) is 11.4. The molecule has 1 aromatic heterocycles. The lowest BCUT2D eigenvalue weighted by Gasteiger charge is -2.17. The summed E-state index contributed by atoms with van der Waals surface area (Å²) >= 11 is 0. The normalized spacial score (nSPS) is 11.7. The molecule has 0 aliphatic rings. The monoisotopic (exact) mass is 449 g/mol. The van der Waals surface area contributed by atoms with E-state index in [9.17, 15) is 4.79 Å². The first-order valence-corrected chi connectivity index (χ1v) is 12.2. The van der Waals surface area contributed by atoms with E-state index in [2.05, 4.69) is 60.1 Å². The van der Waals surface area contributed by atoms with E-state index in [1.165, 1.54) is 16.6 Å². The molecule has 0 bridgehead atoms. The van der Waals surface area contributed by atoms with E-state index in [1.807, 2.05) is 26.8 Å². The smallest absolute Gasteiger partial charge is 0.225 e. The van der Waals surface area contributed by atoms with Crippen molar-refractivity contribution in [1.29, 1.82) is 0 Å². The van der Waals surface area contributed by atoms with E-state index < -0.39 is 0 Å². The van der Waals surface area contributed by atoms with Crippen molar-refractivity contribution < 1.29 is 9.53 Å². The van der Waals surface area contributed by atoms with Gasteiger partial charge in [0.05, 0.1) is 17.6 Å². The Labute approximate surface area is 198 Å². The van der Waals surface area contributed by atoms with E-state index in [1.54, 1.807) is 0 Å². The number of amides is 1. The summed E-state index contributed by atoms with van der Waals surface area (Å²) < 4.78 is 8.47. The van der Waals surface area contributed by atoms with Gasteiger partial charge in [-0.15, -0.1) is 0 Å². The van der Waals surface area contributed by atoms with E-state index in [4.69, 9.17) is 9.72 Å². The van der Waals surface area contributed by atoms with Crippen LogP contribution in [-0.2, 0) is 17.8 Å². The molecular weight excluding hydrogens is 410 g/mol. The van der Waals surface area contributed by atoms with Crippen LogP contribution in [0.2, 0.25) is 0 Å².